The van der Waals surface area contributed by atoms with Crippen molar-refractivity contribution in [3.8, 4) is 0 Å². The number of alkyl halides is 1. The van der Waals surface area contributed by atoms with Crippen molar-refractivity contribution >= 4 is 29.6 Å². The van der Waals surface area contributed by atoms with Crippen molar-refractivity contribution in [3.63, 3.8) is 0 Å². The summed E-state index contributed by atoms with van der Waals surface area (Å²) in [7, 11) is 0. The Labute approximate surface area is 50.3 Å². The van der Waals surface area contributed by atoms with E-state index in [1.807, 2.05) is 0 Å². The Kier molecular flexibility index (Phi) is 3.93. The summed E-state index contributed by atoms with van der Waals surface area (Å²) in [4.78, 5) is 9.75. The van der Waals surface area contributed by atoms with Gasteiger partial charge in [0.05, 0.1) is 0 Å². The zero-order chi connectivity index (χ0) is 5.70. The quantitative estimate of drug-likeness (QED) is 0.414. The standard InChI is InChI=1S/C2H2Cl2O3/c3-1-6-2(5)7-4/h1H2. The third-order valence-corrected chi connectivity index (χ3v) is 0.470. The molecule has 0 rings (SSSR count). The monoisotopic (exact) mass is 144 g/mol. The molecule has 0 saturated heterocycles. The van der Waals surface area contributed by atoms with E-state index in [-0.39, 0.29) is 6.07 Å². The Morgan fingerprint density at radius 1 is 1.71 bits per heavy atom. The maximum atomic E-state index is 9.75. The van der Waals surface area contributed by atoms with Gasteiger partial charge < -0.3 is 9.03 Å². The molecule has 0 radical (unpaired) electrons. The first kappa shape index (κ1) is 6.85. The van der Waals surface area contributed by atoms with E-state index < -0.39 is 6.16 Å². The first-order valence-corrected chi connectivity index (χ1v) is 2.17. The third kappa shape index (κ3) is 3.69. The number of halogens is 2. The second-order valence-corrected chi connectivity index (χ2v) is 0.953. The average molecular weight is 145 g/mol. The number of rotatable bonds is 1. The molecule has 3 nitrogen and oxygen atoms in total. The molecule has 0 aromatic heterocycles. The van der Waals surface area contributed by atoms with Crippen LogP contribution >= 0.6 is 23.5 Å². The van der Waals surface area contributed by atoms with Crippen molar-refractivity contribution in [3.05, 3.63) is 0 Å². The highest BCUT2D eigenvalue weighted by molar-refractivity contribution is 6.17. The molecule has 0 aromatic carbocycles. The van der Waals surface area contributed by atoms with Crippen molar-refractivity contribution in [2.45, 2.75) is 0 Å². The van der Waals surface area contributed by atoms with Gasteiger partial charge in [-0.25, -0.2) is 4.79 Å². The van der Waals surface area contributed by atoms with Crippen molar-refractivity contribution in [1.29, 1.82) is 0 Å². The number of ether oxygens (including phenoxy) is 1. The van der Waals surface area contributed by atoms with Crippen LogP contribution in [0.25, 0.3) is 0 Å². The van der Waals surface area contributed by atoms with Gasteiger partial charge in [0.25, 0.3) is 0 Å². The van der Waals surface area contributed by atoms with Crippen LogP contribution in [0, 0.1) is 0 Å². The van der Waals surface area contributed by atoms with Crippen LogP contribution < -0.4 is 0 Å². The summed E-state index contributed by atoms with van der Waals surface area (Å²) < 4.78 is 7.48. The van der Waals surface area contributed by atoms with Gasteiger partial charge >= 0.3 is 6.16 Å². The van der Waals surface area contributed by atoms with Crippen LogP contribution in [0.15, 0.2) is 0 Å². The van der Waals surface area contributed by atoms with E-state index in [9.17, 15) is 4.79 Å². The predicted molar refractivity (Wildman–Crippen MR) is 24.1 cm³/mol. The summed E-state index contributed by atoms with van der Waals surface area (Å²) in [6.07, 6.45) is -0.989. The summed E-state index contributed by atoms with van der Waals surface area (Å²) in [5.41, 5.74) is 0. The lowest BCUT2D eigenvalue weighted by Crippen LogP contribution is -1.97. The van der Waals surface area contributed by atoms with Crippen LogP contribution in [-0.2, 0) is 9.03 Å². The minimum absolute atomic E-state index is 0.244. The van der Waals surface area contributed by atoms with Crippen molar-refractivity contribution in [2.24, 2.45) is 0 Å². The van der Waals surface area contributed by atoms with Gasteiger partial charge in [0.2, 0.25) is 0 Å². The van der Waals surface area contributed by atoms with E-state index in [0.717, 1.165) is 0 Å². The minimum Gasteiger partial charge on any atom is -0.417 e. The van der Waals surface area contributed by atoms with Crippen LogP contribution in [-0.4, -0.2) is 12.2 Å². The number of hydrogen-bond donors (Lipinski definition) is 0. The summed E-state index contributed by atoms with van der Waals surface area (Å²) >= 11 is 9.39. The molecule has 0 atom stereocenters. The first-order valence-electron chi connectivity index (χ1n) is 1.32. The Bertz CT molecular complexity index is 64.0. The smallest absolute Gasteiger partial charge is 0.417 e. The average Bonchev–Trinajstić information content (AvgIpc) is 1.68. The fraction of sp³-hybridized carbons (Fsp3) is 0.500. The zero-order valence-corrected chi connectivity index (χ0v) is 4.70. The second kappa shape index (κ2) is 4.02. The van der Waals surface area contributed by atoms with Gasteiger partial charge in [-0.2, -0.15) is 0 Å². The highest BCUT2D eigenvalue weighted by Crippen LogP contribution is 1.88. The molecule has 0 aliphatic heterocycles. The lowest BCUT2D eigenvalue weighted by molar-refractivity contribution is 0.119. The topological polar surface area (TPSA) is 35.5 Å². The van der Waals surface area contributed by atoms with E-state index in [1.165, 1.54) is 0 Å². The molecule has 0 aromatic rings. The number of carbonyl (C=O) groups is 1. The molecular weight excluding hydrogens is 143 g/mol. The highest BCUT2D eigenvalue weighted by atomic mass is 35.5. The molecule has 0 aliphatic carbocycles. The molecule has 0 saturated carbocycles. The summed E-state index contributed by atoms with van der Waals surface area (Å²) in [6, 6.07) is -0.244. The van der Waals surface area contributed by atoms with E-state index in [2.05, 4.69) is 20.9 Å². The molecule has 0 amide bonds. The third-order valence-electron chi connectivity index (χ3n) is 0.235. The summed E-state index contributed by atoms with van der Waals surface area (Å²) in [6.45, 7) is 0. The van der Waals surface area contributed by atoms with Crippen LogP contribution in [0.1, 0.15) is 0 Å². The minimum atomic E-state index is -0.989. The van der Waals surface area contributed by atoms with Crippen LogP contribution in [0.4, 0.5) is 4.79 Å². The Balaban J connectivity index is 3.00. The van der Waals surface area contributed by atoms with Gasteiger partial charge in [-0.05, 0) is 0 Å². The fourth-order valence-electron chi connectivity index (χ4n) is 0.0668. The molecule has 0 unspecified atom stereocenters. The van der Waals surface area contributed by atoms with Crippen LogP contribution in [0.2, 0.25) is 0 Å². The lowest BCUT2D eigenvalue weighted by atomic mass is 11.4. The largest absolute Gasteiger partial charge is 0.528 e. The molecule has 0 fully saturated rings. The van der Waals surface area contributed by atoms with E-state index in [4.69, 9.17) is 11.6 Å². The van der Waals surface area contributed by atoms with Crippen LogP contribution in [0.5, 0.6) is 0 Å². The van der Waals surface area contributed by atoms with Gasteiger partial charge in [-0.15, -0.1) is 0 Å². The second-order valence-electron chi connectivity index (χ2n) is 0.581. The van der Waals surface area contributed by atoms with Gasteiger partial charge in [0.15, 0.2) is 6.07 Å². The van der Waals surface area contributed by atoms with Gasteiger partial charge in [-0.3, -0.25) is 0 Å². The zero-order valence-electron chi connectivity index (χ0n) is 3.19. The molecule has 0 aliphatic rings. The molecule has 5 heteroatoms. The molecule has 0 bridgehead atoms. The summed E-state index contributed by atoms with van der Waals surface area (Å²) in [5, 5.41) is 0. The molecular formula is C2H2Cl2O3. The van der Waals surface area contributed by atoms with Gasteiger partial charge in [-0.1, -0.05) is 11.6 Å². The van der Waals surface area contributed by atoms with Crippen LogP contribution in [0.3, 0.4) is 0 Å². The Hall–Kier alpha value is -0.150. The molecule has 0 heterocycles. The molecule has 42 valence electrons. The van der Waals surface area contributed by atoms with Gasteiger partial charge in [0.1, 0.15) is 11.9 Å². The number of hydrogen-bond acceptors (Lipinski definition) is 3. The Morgan fingerprint density at radius 3 is 2.43 bits per heavy atom. The lowest BCUT2D eigenvalue weighted by Gasteiger charge is -1.90. The molecule has 0 N–H and O–H groups in total. The SMILES string of the molecule is O=C(OCl)OCCl. The van der Waals surface area contributed by atoms with Crippen molar-refractivity contribution in [2.75, 3.05) is 6.07 Å². The van der Waals surface area contributed by atoms with E-state index in [0.29, 0.717) is 0 Å². The predicted octanol–water partition coefficient (Wildman–Crippen LogP) is 1.49. The van der Waals surface area contributed by atoms with E-state index >= 15 is 0 Å². The fourth-order valence-corrected chi connectivity index (χ4v) is 0.200. The van der Waals surface area contributed by atoms with Gasteiger partial charge in [0, 0.05) is 0 Å². The molecule has 0 spiro atoms. The van der Waals surface area contributed by atoms with Crippen molar-refractivity contribution < 1.29 is 13.8 Å². The Morgan fingerprint density at radius 2 is 2.29 bits per heavy atom. The normalized spacial score (nSPS) is 7.71. The first-order chi connectivity index (χ1) is 3.31. The van der Waals surface area contributed by atoms with Crippen molar-refractivity contribution in [1.82, 2.24) is 0 Å². The maximum Gasteiger partial charge on any atom is 0.528 e. The highest BCUT2D eigenvalue weighted by Gasteiger charge is 1.96. The maximum absolute atomic E-state index is 9.75. The molecule has 7 heavy (non-hydrogen) atoms. The summed E-state index contributed by atoms with van der Waals surface area (Å²) in [5.74, 6) is 0. The number of carbonyl (C=O) groups excluding carboxylic acids is 1. The van der Waals surface area contributed by atoms with E-state index in [1.54, 1.807) is 0 Å².